The van der Waals surface area contributed by atoms with Crippen molar-refractivity contribution in [3.05, 3.63) is 35.9 Å². The number of carbonyl (C=O) groups excluding carboxylic acids is 1. The summed E-state index contributed by atoms with van der Waals surface area (Å²) in [7, 11) is 0. The average molecular weight is 236 g/mol. The highest BCUT2D eigenvalue weighted by atomic mass is 16.5. The Morgan fingerprint density at radius 2 is 2.12 bits per heavy atom. The molecule has 0 bridgehead atoms. The number of ether oxygens (including phenoxy) is 1. The molecule has 0 spiro atoms. The molecule has 0 heterocycles. The summed E-state index contributed by atoms with van der Waals surface area (Å²) in [6, 6.07) is 9.04. The number of carbonyl (C=O) groups is 1. The maximum Gasteiger partial charge on any atom is 0.407 e. The molecule has 1 aromatic rings. The molecule has 0 aliphatic rings. The summed E-state index contributed by atoms with van der Waals surface area (Å²) in [4.78, 5) is 11.4. The Bertz CT molecular complexity index is 390. The monoisotopic (exact) mass is 236 g/mol. The predicted molar refractivity (Wildman–Crippen MR) is 64.1 cm³/mol. The molecule has 2 N–H and O–H groups in total. The molecule has 1 amide bonds. The van der Waals surface area contributed by atoms with E-state index in [9.17, 15) is 4.79 Å². The number of hydrogen-bond acceptors (Lipinski definition) is 4. The standard InChI is InChI=1S/C12H16N2O3/c1-9(10(2)14-16)13-12(15)17-8-11-6-4-3-5-7-11/h3-7,9,16H,8H2,1-2H3,(H,13,15)/b14-10+/t9-/m0/s1. The quantitative estimate of drug-likeness (QED) is 0.478. The van der Waals surface area contributed by atoms with Crippen LogP contribution < -0.4 is 5.32 Å². The van der Waals surface area contributed by atoms with E-state index in [2.05, 4.69) is 10.5 Å². The van der Waals surface area contributed by atoms with Gasteiger partial charge in [0.05, 0.1) is 11.8 Å². The molecule has 0 saturated heterocycles. The number of benzene rings is 1. The molecule has 5 heteroatoms. The van der Waals surface area contributed by atoms with E-state index in [0.717, 1.165) is 5.56 Å². The third kappa shape index (κ3) is 4.55. The van der Waals surface area contributed by atoms with Crippen molar-refractivity contribution in [2.24, 2.45) is 5.16 Å². The second kappa shape index (κ2) is 6.52. The third-order valence-electron chi connectivity index (χ3n) is 2.33. The van der Waals surface area contributed by atoms with Crippen LogP contribution in [0.5, 0.6) is 0 Å². The molecule has 92 valence electrons. The molecular formula is C12H16N2O3. The highest BCUT2D eigenvalue weighted by Gasteiger charge is 2.11. The smallest absolute Gasteiger partial charge is 0.407 e. The molecule has 1 aromatic carbocycles. The fourth-order valence-corrected chi connectivity index (χ4v) is 1.13. The number of alkyl carbamates (subject to hydrolysis) is 1. The maximum atomic E-state index is 11.4. The Hall–Kier alpha value is -2.04. The van der Waals surface area contributed by atoms with E-state index in [-0.39, 0.29) is 12.6 Å². The van der Waals surface area contributed by atoms with E-state index in [4.69, 9.17) is 9.94 Å². The zero-order valence-corrected chi connectivity index (χ0v) is 9.88. The average Bonchev–Trinajstić information content (AvgIpc) is 2.36. The van der Waals surface area contributed by atoms with E-state index in [0.29, 0.717) is 5.71 Å². The Morgan fingerprint density at radius 1 is 1.47 bits per heavy atom. The molecule has 1 rings (SSSR count). The molecule has 5 nitrogen and oxygen atoms in total. The first-order valence-electron chi connectivity index (χ1n) is 5.29. The van der Waals surface area contributed by atoms with Crippen LogP contribution in [0.15, 0.2) is 35.5 Å². The first-order valence-corrected chi connectivity index (χ1v) is 5.29. The third-order valence-corrected chi connectivity index (χ3v) is 2.33. The van der Waals surface area contributed by atoms with Crippen molar-refractivity contribution in [1.29, 1.82) is 0 Å². The molecule has 0 saturated carbocycles. The van der Waals surface area contributed by atoms with Crippen molar-refractivity contribution in [3.63, 3.8) is 0 Å². The number of rotatable bonds is 4. The molecule has 0 unspecified atom stereocenters. The molecule has 17 heavy (non-hydrogen) atoms. The van der Waals surface area contributed by atoms with Gasteiger partial charge in [-0.3, -0.25) is 0 Å². The van der Waals surface area contributed by atoms with Gasteiger partial charge in [0.25, 0.3) is 0 Å². The normalized spacial score (nSPS) is 12.9. The van der Waals surface area contributed by atoms with Crippen molar-refractivity contribution in [3.8, 4) is 0 Å². The molecule has 0 fully saturated rings. The van der Waals surface area contributed by atoms with Crippen LogP contribution in [0.25, 0.3) is 0 Å². The minimum Gasteiger partial charge on any atom is -0.445 e. The SMILES string of the molecule is C/C(=N\O)[C@H](C)NC(=O)OCc1ccccc1. The first-order chi connectivity index (χ1) is 8.13. The summed E-state index contributed by atoms with van der Waals surface area (Å²) in [6.07, 6.45) is -0.538. The van der Waals surface area contributed by atoms with Gasteiger partial charge in [0.1, 0.15) is 6.61 Å². The Morgan fingerprint density at radius 3 is 2.71 bits per heavy atom. The molecule has 0 radical (unpaired) electrons. The summed E-state index contributed by atoms with van der Waals surface area (Å²) in [5, 5.41) is 14.1. The lowest BCUT2D eigenvalue weighted by Crippen LogP contribution is -2.37. The van der Waals surface area contributed by atoms with Gasteiger partial charge in [0.15, 0.2) is 0 Å². The van der Waals surface area contributed by atoms with Crippen LogP contribution in [0.4, 0.5) is 4.79 Å². The van der Waals surface area contributed by atoms with Crippen LogP contribution in [0, 0.1) is 0 Å². The zero-order valence-electron chi connectivity index (χ0n) is 9.88. The van der Waals surface area contributed by atoms with Crippen molar-refractivity contribution < 1.29 is 14.7 Å². The summed E-state index contributed by atoms with van der Waals surface area (Å²) < 4.78 is 5.01. The fourth-order valence-electron chi connectivity index (χ4n) is 1.13. The van der Waals surface area contributed by atoms with Crippen LogP contribution in [-0.2, 0) is 11.3 Å². The van der Waals surface area contributed by atoms with Crippen LogP contribution in [-0.4, -0.2) is 23.1 Å². The highest BCUT2D eigenvalue weighted by molar-refractivity contribution is 5.89. The van der Waals surface area contributed by atoms with Crippen LogP contribution in [0.2, 0.25) is 0 Å². The van der Waals surface area contributed by atoms with Crippen molar-refractivity contribution in [2.45, 2.75) is 26.5 Å². The Kier molecular flexibility index (Phi) is 5.00. The van der Waals surface area contributed by atoms with Gasteiger partial charge < -0.3 is 15.3 Å². The van der Waals surface area contributed by atoms with Crippen molar-refractivity contribution in [2.75, 3.05) is 0 Å². The first kappa shape index (κ1) is 13.0. The lowest BCUT2D eigenvalue weighted by atomic mass is 10.2. The van der Waals surface area contributed by atoms with Gasteiger partial charge in [0, 0.05) is 0 Å². The van der Waals surface area contributed by atoms with Gasteiger partial charge in [0.2, 0.25) is 0 Å². The van der Waals surface area contributed by atoms with Crippen LogP contribution in [0.3, 0.4) is 0 Å². The predicted octanol–water partition coefficient (Wildman–Crippen LogP) is 2.15. The van der Waals surface area contributed by atoms with Crippen molar-refractivity contribution in [1.82, 2.24) is 5.32 Å². The summed E-state index contributed by atoms with van der Waals surface area (Å²) in [5.41, 5.74) is 1.34. The summed E-state index contributed by atoms with van der Waals surface area (Å²) >= 11 is 0. The van der Waals surface area contributed by atoms with Crippen LogP contribution in [0.1, 0.15) is 19.4 Å². The molecular weight excluding hydrogens is 220 g/mol. The van der Waals surface area contributed by atoms with Gasteiger partial charge in [-0.15, -0.1) is 0 Å². The second-order valence-electron chi connectivity index (χ2n) is 3.67. The van der Waals surface area contributed by atoms with Gasteiger partial charge in [-0.2, -0.15) is 0 Å². The number of amides is 1. The van der Waals surface area contributed by atoms with Gasteiger partial charge in [-0.1, -0.05) is 35.5 Å². The molecule has 1 atom stereocenters. The zero-order chi connectivity index (χ0) is 12.7. The fraction of sp³-hybridized carbons (Fsp3) is 0.333. The summed E-state index contributed by atoms with van der Waals surface area (Å²) in [5.74, 6) is 0. The van der Waals surface area contributed by atoms with E-state index in [1.54, 1.807) is 13.8 Å². The van der Waals surface area contributed by atoms with Gasteiger partial charge in [-0.05, 0) is 19.4 Å². The van der Waals surface area contributed by atoms with E-state index < -0.39 is 6.09 Å². The number of hydrogen-bond donors (Lipinski definition) is 2. The number of nitrogens with one attached hydrogen (secondary N) is 1. The van der Waals surface area contributed by atoms with E-state index >= 15 is 0 Å². The molecule has 0 aliphatic carbocycles. The second-order valence-corrected chi connectivity index (χ2v) is 3.67. The lowest BCUT2D eigenvalue weighted by Gasteiger charge is -2.12. The van der Waals surface area contributed by atoms with Crippen molar-refractivity contribution >= 4 is 11.8 Å². The molecule has 0 aliphatic heterocycles. The topological polar surface area (TPSA) is 70.9 Å². The van der Waals surface area contributed by atoms with Crippen LogP contribution >= 0.6 is 0 Å². The lowest BCUT2D eigenvalue weighted by molar-refractivity contribution is 0.138. The van der Waals surface area contributed by atoms with E-state index in [1.807, 2.05) is 30.3 Å². The minimum atomic E-state index is -0.538. The minimum absolute atomic E-state index is 0.217. The molecule has 0 aromatic heterocycles. The van der Waals surface area contributed by atoms with Gasteiger partial charge >= 0.3 is 6.09 Å². The van der Waals surface area contributed by atoms with Gasteiger partial charge in [-0.25, -0.2) is 4.79 Å². The largest absolute Gasteiger partial charge is 0.445 e. The highest BCUT2D eigenvalue weighted by Crippen LogP contribution is 2.00. The maximum absolute atomic E-state index is 11.4. The summed E-state index contributed by atoms with van der Waals surface area (Å²) in [6.45, 7) is 3.54. The van der Waals surface area contributed by atoms with E-state index in [1.165, 1.54) is 0 Å². The Labute approximate surface area is 100 Å². The number of nitrogens with zero attached hydrogens (tertiary/aromatic N) is 1. The Balaban J connectivity index is 2.36. The number of oxime groups is 1.